The predicted molar refractivity (Wildman–Crippen MR) is 83.1 cm³/mol. The molecule has 0 aromatic heterocycles. The second kappa shape index (κ2) is 6.46. The highest BCUT2D eigenvalue weighted by Crippen LogP contribution is 2.22. The largest absolute Gasteiger partial charge is 0.399 e. The van der Waals surface area contributed by atoms with Gasteiger partial charge in [-0.05, 0) is 43.9 Å². The van der Waals surface area contributed by atoms with Gasteiger partial charge in [0.15, 0.2) is 0 Å². The maximum Gasteiger partial charge on any atom is 0.0480 e. The van der Waals surface area contributed by atoms with Crippen molar-refractivity contribution < 1.29 is 4.74 Å². The summed E-state index contributed by atoms with van der Waals surface area (Å²) in [6, 6.07) is 9.54. The molecule has 0 aliphatic carbocycles. The number of piperidine rings is 1. The molecule has 3 N–H and O–H groups in total. The van der Waals surface area contributed by atoms with Crippen LogP contribution in [0.3, 0.4) is 0 Å². The third-order valence-corrected chi connectivity index (χ3v) is 4.42. The summed E-state index contributed by atoms with van der Waals surface area (Å²) in [5, 5.41) is 3.81. The smallest absolute Gasteiger partial charge is 0.0480 e. The van der Waals surface area contributed by atoms with Crippen molar-refractivity contribution in [3.8, 4) is 0 Å². The summed E-state index contributed by atoms with van der Waals surface area (Å²) in [7, 11) is 0. The first kappa shape index (κ1) is 13.7. The molecule has 2 heterocycles. The topological polar surface area (TPSA) is 50.5 Å². The van der Waals surface area contributed by atoms with Crippen LogP contribution in [0.2, 0.25) is 0 Å². The molecule has 4 nitrogen and oxygen atoms in total. The van der Waals surface area contributed by atoms with Crippen LogP contribution in [0.25, 0.3) is 0 Å². The monoisotopic (exact) mass is 275 g/mol. The summed E-state index contributed by atoms with van der Waals surface area (Å²) in [6.07, 6.45) is 4.75. The lowest BCUT2D eigenvalue weighted by Crippen LogP contribution is -2.47. The Morgan fingerprint density at radius 3 is 2.45 bits per heavy atom. The van der Waals surface area contributed by atoms with Crippen molar-refractivity contribution in [3.05, 3.63) is 24.3 Å². The summed E-state index contributed by atoms with van der Waals surface area (Å²) in [4.78, 5) is 2.44. The fourth-order valence-electron chi connectivity index (χ4n) is 3.22. The van der Waals surface area contributed by atoms with Crippen molar-refractivity contribution in [1.29, 1.82) is 0 Å². The number of hydrogen-bond donors (Lipinski definition) is 2. The summed E-state index contributed by atoms with van der Waals surface area (Å²) >= 11 is 0. The fraction of sp³-hybridized carbons (Fsp3) is 0.625. The highest BCUT2D eigenvalue weighted by Gasteiger charge is 2.23. The van der Waals surface area contributed by atoms with Crippen molar-refractivity contribution >= 4 is 11.4 Å². The van der Waals surface area contributed by atoms with Crippen molar-refractivity contribution in [1.82, 2.24) is 5.32 Å². The average molecular weight is 275 g/mol. The molecule has 0 amide bonds. The minimum absolute atomic E-state index is 0.660. The Labute approximate surface area is 121 Å². The SMILES string of the molecule is Nc1cccc(N2CCC(NC3CCOCC3)CC2)c1. The van der Waals surface area contributed by atoms with Crippen LogP contribution in [-0.4, -0.2) is 38.4 Å². The van der Waals surface area contributed by atoms with Crippen molar-refractivity contribution in [3.63, 3.8) is 0 Å². The molecule has 4 heteroatoms. The minimum atomic E-state index is 0.660. The van der Waals surface area contributed by atoms with E-state index in [0.717, 1.165) is 44.8 Å². The molecule has 1 aromatic carbocycles. The third-order valence-electron chi connectivity index (χ3n) is 4.42. The van der Waals surface area contributed by atoms with Crippen LogP contribution < -0.4 is 16.0 Å². The van der Waals surface area contributed by atoms with Gasteiger partial charge in [-0.15, -0.1) is 0 Å². The first-order valence-electron chi connectivity index (χ1n) is 7.75. The van der Waals surface area contributed by atoms with Gasteiger partial charge < -0.3 is 20.7 Å². The summed E-state index contributed by atoms with van der Waals surface area (Å²) in [5.41, 5.74) is 7.98. The van der Waals surface area contributed by atoms with E-state index in [4.69, 9.17) is 10.5 Å². The lowest BCUT2D eigenvalue weighted by Gasteiger charge is -2.36. The molecule has 2 aliphatic heterocycles. The van der Waals surface area contributed by atoms with E-state index in [1.165, 1.54) is 18.5 Å². The Hall–Kier alpha value is -1.26. The summed E-state index contributed by atoms with van der Waals surface area (Å²) in [6.45, 7) is 4.06. The molecule has 2 fully saturated rings. The van der Waals surface area contributed by atoms with Crippen molar-refractivity contribution in [2.24, 2.45) is 0 Å². The van der Waals surface area contributed by atoms with E-state index in [1.807, 2.05) is 12.1 Å². The standard InChI is InChI=1S/C16H25N3O/c17-13-2-1-3-16(12-13)19-8-4-14(5-9-19)18-15-6-10-20-11-7-15/h1-3,12,14-15,18H,4-11,17H2. The van der Waals surface area contributed by atoms with E-state index in [9.17, 15) is 0 Å². The summed E-state index contributed by atoms with van der Waals surface area (Å²) in [5.74, 6) is 0. The number of rotatable bonds is 3. The Kier molecular flexibility index (Phi) is 4.43. The van der Waals surface area contributed by atoms with Gasteiger partial charge in [-0.25, -0.2) is 0 Å². The number of nitrogen functional groups attached to an aromatic ring is 1. The van der Waals surface area contributed by atoms with Gasteiger partial charge in [0.1, 0.15) is 0 Å². The van der Waals surface area contributed by atoms with Crippen LogP contribution in [0.1, 0.15) is 25.7 Å². The molecule has 0 saturated carbocycles. The van der Waals surface area contributed by atoms with E-state index in [0.29, 0.717) is 12.1 Å². The molecule has 110 valence electrons. The second-order valence-electron chi connectivity index (χ2n) is 5.91. The number of ether oxygens (including phenoxy) is 1. The van der Waals surface area contributed by atoms with Crippen LogP contribution in [-0.2, 0) is 4.74 Å². The number of nitrogens with one attached hydrogen (secondary N) is 1. The molecule has 2 aliphatic rings. The molecule has 2 saturated heterocycles. The highest BCUT2D eigenvalue weighted by molar-refractivity contribution is 5.56. The van der Waals surface area contributed by atoms with Crippen LogP contribution in [0.5, 0.6) is 0 Å². The van der Waals surface area contributed by atoms with E-state index < -0.39 is 0 Å². The van der Waals surface area contributed by atoms with E-state index in [2.05, 4.69) is 22.3 Å². The highest BCUT2D eigenvalue weighted by atomic mass is 16.5. The molecule has 0 spiro atoms. The third kappa shape index (κ3) is 3.44. The van der Waals surface area contributed by atoms with Gasteiger partial charge in [-0.3, -0.25) is 0 Å². The number of benzene rings is 1. The summed E-state index contributed by atoms with van der Waals surface area (Å²) < 4.78 is 5.41. The molecular formula is C16H25N3O. The average Bonchev–Trinajstić information content (AvgIpc) is 2.49. The van der Waals surface area contributed by atoms with Crippen LogP contribution in [0.4, 0.5) is 11.4 Å². The number of anilines is 2. The predicted octanol–water partition coefficient (Wildman–Crippen LogP) is 2.01. The van der Waals surface area contributed by atoms with Gasteiger partial charge in [0.05, 0.1) is 0 Å². The maximum absolute atomic E-state index is 5.87. The molecule has 0 atom stereocenters. The lowest BCUT2D eigenvalue weighted by atomic mass is 10.0. The van der Waals surface area contributed by atoms with Crippen LogP contribution >= 0.6 is 0 Å². The van der Waals surface area contributed by atoms with Gasteiger partial charge >= 0.3 is 0 Å². The Morgan fingerprint density at radius 2 is 1.75 bits per heavy atom. The van der Waals surface area contributed by atoms with Crippen molar-refractivity contribution in [2.45, 2.75) is 37.8 Å². The van der Waals surface area contributed by atoms with E-state index >= 15 is 0 Å². The minimum Gasteiger partial charge on any atom is -0.399 e. The van der Waals surface area contributed by atoms with Gasteiger partial charge in [0, 0.05) is 49.8 Å². The van der Waals surface area contributed by atoms with Gasteiger partial charge in [0.25, 0.3) is 0 Å². The van der Waals surface area contributed by atoms with Gasteiger partial charge in [-0.1, -0.05) is 6.07 Å². The number of nitrogens with zero attached hydrogens (tertiary/aromatic N) is 1. The molecular weight excluding hydrogens is 250 g/mol. The molecule has 1 aromatic rings. The van der Waals surface area contributed by atoms with Gasteiger partial charge in [-0.2, -0.15) is 0 Å². The fourth-order valence-corrected chi connectivity index (χ4v) is 3.22. The van der Waals surface area contributed by atoms with Gasteiger partial charge in [0.2, 0.25) is 0 Å². The zero-order valence-corrected chi connectivity index (χ0v) is 12.1. The zero-order valence-electron chi connectivity index (χ0n) is 12.1. The maximum atomic E-state index is 5.87. The Balaban J connectivity index is 1.49. The molecule has 0 unspecified atom stereocenters. The van der Waals surface area contributed by atoms with E-state index in [-0.39, 0.29) is 0 Å². The Morgan fingerprint density at radius 1 is 1.05 bits per heavy atom. The number of nitrogens with two attached hydrogens (primary N) is 1. The normalized spacial score (nSPS) is 22.1. The molecule has 0 bridgehead atoms. The first-order chi connectivity index (χ1) is 9.81. The van der Waals surface area contributed by atoms with E-state index in [1.54, 1.807) is 0 Å². The number of hydrogen-bond acceptors (Lipinski definition) is 4. The van der Waals surface area contributed by atoms with Crippen LogP contribution in [0.15, 0.2) is 24.3 Å². The quantitative estimate of drug-likeness (QED) is 0.829. The second-order valence-corrected chi connectivity index (χ2v) is 5.91. The van der Waals surface area contributed by atoms with Crippen molar-refractivity contribution in [2.75, 3.05) is 36.9 Å². The molecule has 3 rings (SSSR count). The molecule has 0 radical (unpaired) electrons. The zero-order chi connectivity index (χ0) is 13.8. The van der Waals surface area contributed by atoms with Crippen LogP contribution in [0, 0.1) is 0 Å². The molecule has 20 heavy (non-hydrogen) atoms. The lowest BCUT2D eigenvalue weighted by molar-refractivity contribution is 0.0738. The Bertz CT molecular complexity index is 423. The first-order valence-corrected chi connectivity index (χ1v) is 7.75.